The minimum absolute atomic E-state index is 0.142. The number of anilines is 1. The van der Waals surface area contributed by atoms with Crippen LogP contribution in [0.15, 0.2) is 33.2 Å². The third-order valence-electron chi connectivity index (χ3n) is 5.01. The molecular weight excluding hydrogens is 396 g/mol. The first kappa shape index (κ1) is 19.5. The number of aromatic nitrogens is 1. The summed E-state index contributed by atoms with van der Waals surface area (Å²) in [5.41, 5.74) is 1.44. The number of piperazine rings is 1. The molecule has 1 aliphatic heterocycles. The van der Waals surface area contributed by atoms with Crippen molar-refractivity contribution in [2.24, 2.45) is 0 Å². The number of nitrogens with zero attached hydrogens (tertiary/aromatic N) is 3. The smallest absolute Gasteiger partial charge is 0.289 e. The van der Waals surface area contributed by atoms with Gasteiger partial charge in [0.05, 0.1) is 6.54 Å². The number of carbonyl (C=O) groups is 2. The zero-order chi connectivity index (χ0) is 20.5. The summed E-state index contributed by atoms with van der Waals surface area (Å²) in [6, 6.07) is 6.98. The highest BCUT2D eigenvalue weighted by atomic mass is 35.5. The number of fused-ring (bicyclic) bond motifs is 1. The van der Waals surface area contributed by atoms with E-state index in [-0.39, 0.29) is 18.4 Å². The van der Waals surface area contributed by atoms with Crippen LogP contribution in [0.4, 0.5) is 5.82 Å². The van der Waals surface area contributed by atoms with Crippen LogP contribution >= 0.6 is 11.6 Å². The van der Waals surface area contributed by atoms with E-state index in [1.807, 2.05) is 11.8 Å². The molecule has 152 valence electrons. The standard InChI is InChI=1S/C20H21ClN4O4/c1-12-9-17(23-29-12)22-18(26)11-24-5-7-25(8-6-24)20(27)19-13(2)15-10-14(21)3-4-16(15)28-19/h3-4,9-10H,5-8,11H2,1-2H3,(H,22,23,26). The summed E-state index contributed by atoms with van der Waals surface area (Å²) in [7, 11) is 0. The molecule has 1 saturated heterocycles. The van der Waals surface area contributed by atoms with Crippen LogP contribution in [0.25, 0.3) is 11.0 Å². The van der Waals surface area contributed by atoms with Gasteiger partial charge in [0.15, 0.2) is 11.6 Å². The van der Waals surface area contributed by atoms with Gasteiger partial charge < -0.3 is 19.2 Å². The quantitative estimate of drug-likeness (QED) is 0.702. The Bertz CT molecular complexity index is 1070. The summed E-state index contributed by atoms with van der Waals surface area (Å²) in [5, 5.41) is 7.91. The second-order valence-corrected chi connectivity index (χ2v) is 7.57. The van der Waals surface area contributed by atoms with E-state index in [9.17, 15) is 9.59 Å². The average molecular weight is 417 g/mol. The Balaban J connectivity index is 1.35. The normalized spacial score (nSPS) is 15.1. The van der Waals surface area contributed by atoms with Gasteiger partial charge in [-0.1, -0.05) is 16.8 Å². The zero-order valence-electron chi connectivity index (χ0n) is 16.2. The van der Waals surface area contributed by atoms with Crippen molar-refractivity contribution < 1.29 is 18.5 Å². The van der Waals surface area contributed by atoms with Crippen LogP contribution in [0.1, 0.15) is 21.9 Å². The molecule has 0 unspecified atom stereocenters. The Hall–Kier alpha value is -2.84. The number of furan rings is 1. The molecule has 1 fully saturated rings. The molecule has 0 spiro atoms. The number of carbonyl (C=O) groups excluding carboxylic acids is 2. The van der Waals surface area contributed by atoms with Crippen molar-refractivity contribution in [1.29, 1.82) is 0 Å². The van der Waals surface area contributed by atoms with E-state index in [2.05, 4.69) is 10.5 Å². The molecule has 1 aromatic carbocycles. The van der Waals surface area contributed by atoms with E-state index < -0.39 is 0 Å². The summed E-state index contributed by atoms with van der Waals surface area (Å²) in [4.78, 5) is 28.8. The molecule has 2 aromatic heterocycles. The van der Waals surface area contributed by atoms with E-state index in [0.717, 1.165) is 10.9 Å². The van der Waals surface area contributed by atoms with Gasteiger partial charge in [0, 0.05) is 48.2 Å². The van der Waals surface area contributed by atoms with Gasteiger partial charge in [-0.2, -0.15) is 0 Å². The third-order valence-corrected chi connectivity index (χ3v) is 5.25. The number of benzene rings is 1. The van der Waals surface area contributed by atoms with Crippen molar-refractivity contribution in [3.63, 3.8) is 0 Å². The first-order chi connectivity index (χ1) is 13.9. The molecular formula is C20H21ClN4O4. The van der Waals surface area contributed by atoms with Crippen molar-refractivity contribution in [2.45, 2.75) is 13.8 Å². The van der Waals surface area contributed by atoms with Crippen molar-refractivity contribution in [3.05, 3.63) is 46.4 Å². The van der Waals surface area contributed by atoms with E-state index in [0.29, 0.717) is 54.1 Å². The van der Waals surface area contributed by atoms with Gasteiger partial charge in [-0.25, -0.2) is 0 Å². The van der Waals surface area contributed by atoms with Crippen molar-refractivity contribution >= 4 is 40.2 Å². The van der Waals surface area contributed by atoms with Gasteiger partial charge >= 0.3 is 0 Å². The van der Waals surface area contributed by atoms with Crippen LogP contribution in [0.5, 0.6) is 0 Å². The molecule has 0 radical (unpaired) electrons. The van der Waals surface area contributed by atoms with Crippen LogP contribution in [0.3, 0.4) is 0 Å². The highest BCUT2D eigenvalue weighted by molar-refractivity contribution is 6.31. The minimum atomic E-state index is -0.164. The second kappa shape index (κ2) is 7.88. The first-order valence-corrected chi connectivity index (χ1v) is 9.72. The van der Waals surface area contributed by atoms with Crippen LogP contribution in [0, 0.1) is 13.8 Å². The topological polar surface area (TPSA) is 91.8 Å². The minimum Gasteiger partial charge on any atom is -0.451 e. The molecule has 8 nitrogen and oxygen atoms in total. The molecule has 3 heterocycles. The highest BCUT2D eigenvalue weighted by Crippen LogP contribution is 2.28. The maximum absolute atomic E-state index is 12.9. The van der Waals surface area contributed by atoms with Gasteiger partial charge in [0.25, 0.3) is 5.91 Å². The number of hydrogen-bond donors (Lipinski definition) is 1. The number of halogens is 1. The number of rotatable bonds is 4. The fourth-order valence-electron chi connectivity index (χ4n) is 3.46. The Morgan fingerprint density at radius 3 is 2.62 bits per heavy atom. The molecule has 2 amide bonds. The molecule has 4 rings (SSSR count). The zero-order valence-corrected chi connectivity index (χ0v) is 17.0. The SMILES string of the molecule is Cc1cc(NC(=O)CN2CCN(C(=O)c3oc4ccc(Cl)cc4c3C)CC2)no1. The average Bonchev–Trinajstić information content (AvgIpc) is 3.25. The lowest BCUT2D eigenvalue weighted by atomic mass is 10.1. The van der Waals surface area contributed by atoms with Gasteiger partial charge in [0.2, 0.25) is 5.91 Å². The summed E-state index contributed by atoms with van der Waals surface area (Å²) in [5.74, 6) is 1.08. The number of amides is 2. The molecule has 1 N–H and O–H groups in total. The number of hydrogen-bond acceptors (Lipinski definition) is 6. The Labute approximate surface area is 172 Å². The van der Waals surface area contributed by atoms with E-state index in [4.69, 9.17) is 20.5 Å². The summed E-state index contributed by atoms with van der Waals surface area (Å²) in [6.45, 7) is 6.10. The lowest BCUT2D eigenvalue weighted by molar-refractivity contribution is -0.117. The van der Waals surface area contributed by atoms with Crippen LogP contribution in [0.2, 0.25) is 5.02 Å². The molecule has 3 aromatic rings. The van der Waals surface area contributed by atoms with Crippen LogP contribution < -0.4 is 5.32 Å². The molecule has 1 aliphatic rings. The molecule has 0 saturated carbocycles. The van der Waals surface area contributed by atoms with E-state index in [1.165, 1.54) is 0 Å². The fraction of sp³-hybridized carbons (Fsp3) is 0.350. The number of aryl methyl sites for hydroxylation is 2. The Morgan fingerprint density at radius 1 is 1.17 bits per heavy atom. The van der Waals surface area contributed by atoms with E-state index in [1.54, 1.807) is 36.1 Å². The lowest BCUT2D eigenvalue weighted by Gasteiger charge is -2.33. The van der Waals surface area contributed by atoms with Crippen molar-refractivity contribution in [2.75, 3.05) is 38.0 Å². The summed E-state index contributed by atoms with van der Waals surface area (Å²) >= 11 is 6.05. The monoisotopic (exact) mass is 416 g/mol. The second-order valence-electron chi connectivity index (χ2n) is 7.14. The fourth-order valence-corrected chi connectivity index (χ4v) is 3.63. The van der Waals surface area contributed by atoms with Gasteiger partial charge in [-0.3, -0.25) is 14.5 Å². The lowest BCUT2D eigenvalue weighted by Crippen LogP contribution is -2.50. The molecule has 0 bridgehead atoms. The first-order valence-electron chi connectivity index (χ1n) is 9.34. The molecule has 9 heteroatoms. The Kier molecular flexibility index (Phi) is 5.29. The van der Waals surface area contributed by atoms with E-state index >= 15 is 0 Å². The van der Waals surface area contributed by atoms with Crippen molar-refractivity contribution in [3.8, 4) is 0 Å². The summed E-state index contributed by atoms with van der Waals surface area (Å²) in [6.07, 6.45) is 0. The van der Waals surface area contributed by atoms with Crippen LogP contribution in [-0.2, 0) is 4.79 Å². The number of nitrogens with one attached hydrogen (secondary N) is 1. The predicted molar refractivity (Wildman–Crippen MR) is 108 cm³/mol. The maximum atomic E-state index is 12.9. The Morgan fingerprint density at radius 2 is 1.93 bits per heavy atom. The predicted octanol–water partition coefficient (Wildman–Crippen LogP) is 3.09. The van der Waals surface area contributed by atoms with Gasteiger partial charge in [-0.15, -0.1) is 0 Å². The largest absolute Gasteiger partial charge is 0.451 e. The van der Waals surface area contributed by atoms with Crippen LogP contribution in [-0.4, -0.2) is 59.5 Å². The molecule has 0 atom stereocenters. The molecule has 29 heavy (non-hydrogen) atoms. The third kappa shape index (κ3) is 4.13. The van der Waals surface area contributed by atoms with Gasteiger partial charge in [0.1, 0.15) is 11.3 Å². The van der Waals surface area contributed by atoms with Crippen molar-refractivity contribution in [1.82, 2.24) is 15.0 Å². The highest BCUT2D eigenvalue weighted by Gasteiger charge is 2.27. The summed E-state index contributed by atoms with van der Waals surface area (Å²) < 4.78 is 10.7. The maximum Gasteiger partial charge on any atom is 0.289 e. The van der Waals surface area contributed by atoms with Gasteiger partial charge in [-0.05, 0) is 32.0 Å². The molecule has 0 aliphatic carbocycles.